The van der Waals surface area contributed by atoms with E-state index in [1.165, 1.54) is 5.56 Å². The summed E-state index contributed by atoms with van der Waals surface area (Å²) >= 11 is 1.73. The number of hydrogen-bond donors (Lipinski definition) is 1. The number of carbonyl (C=O) groups excluding carboxylic acids is 2. The van der Waals surface area contributed by atoms with Gasteiger partial charge in [-0.25, -0.2) is 0 Å². The van der Waals surface area contributed by atoms with Crippen molar-refractivity contribution >= 4 is 23.6 Å². The molecular weight excluding hydrogens is 346 g/mol. The van der Waals surface area contributed by atoms with Gasteiger partial charge in [-0.05, 0) is 45.4 Å². The third kappa shape index (κ3) is 3.91. The molecule has 0 saturated carbocycles. The minimum Gasteiger partial charge on any atom is -0.350 e. The molecule has 2 aliphatic rings. The molecule has 0 aromatic heterocycles. The number of nitrogens with one attached hydrogen (secondary N) is 1. The molecular formula is C20H29N3O2S. The number of amides is 2. The lowest BCUT2D eigenvalue weighted by Gasteiger charge is -2.29. The molecule has 1 aromatic rings. The molecule has 2 atom stereocenters. The van der Waals surface area contributed by atoms with Crippen LogP contribution in [0.3, 0.4) is 0 Å². The first-order chi connectivity index (χ1) is 12.3. The highest BCUT2D eigenvalue weighted by molar-refractivity contribution is 8.01. The summed E-state index contributed by atoms with van der Waals surface area (Å²) in [7, 11) is 2.12. The average molecular weight is 376 g/mol. The molecule has 2 aliphatic heterocycles. The van der Waals surface area contributed by atoms with Crippen molar-refractivity contribution in [3.05, 3.63) is 35.4 Å². The van der Waals surface area contributed by atoms with Crippen LogP contribution in [0, 0.1) is 0 Å². The first kappa shape index (κ1) is 19.2. The molecule has 5 nitrogen and oxygen atoms in total. The molecule has 1 aromatic carbocycles. The molecule has 3 rings (SSSR count). The van der Waals surface area contributed by atoms with Crippen molar-refractivity contribution in [2.24, 2.45) is 0 Å². The molecule has 6 heteroatoms. The van der Waals surface area contributed by atoms with Gasteiger partial charge in [-0.2, -0.15) is 0 Å². The van der Waals surface area contributed by atoms with Crippen LogP contribution in [0.2, 0.25) is 0 Å². The Morgan fingerprint density at radius 2 is 2.00 bits per heavy atom. The Morgan fingerprint density at radius 1 is 1.35 bits per heavy atom. The fraction of sp³-hybridized carbons (Fsp3) is 0.600. The zero-order chi connectivity index (χ0) is 18.9. The van der Waals surface area contributed by atoms with E-state index in [1.807, 2.05) is 0 Å². The summed E-state index contributed by atoms with van der Waals surface area (Å²) in [6, 6.07) is 8.55. The van der Waals surface area contributed by atoms with Gasteiger partial charge in [0.1, 0.15) is 6.04 Å². The van der Waals surface area contributed by atoms with Crippen molar-refractivity contribution in [3.8, 4) is 0 Å². The van der Waals surface area contributed by atoms with Crippen LogP contribution in [0.15, 0.2) is 24.3 Å². The normalized spacial score (nSPS) is 25.2. The van der Waals surface area contributed by atoms with Gasteiger partial charge in [0.15, 0.2) is 0 Å². The van der Waals surface area contributed by atoms with Gasteiger partial charge in [0, 0.05) is 31.3 Å². The van der Waals surface area contributed by atoms with E-state index < -0.39 is 0 Å². The Hall–Kier alpha value is -1.53. The van der Waals surface area contributed by atoms with Crippen molar-refractivity contribution in [1.29, 1.82) is 0 Å². The second kappa shape index (κ2) is 7.61. The lowest BCUT2D eigenvalue weighted by atomic mass is 10.1. The van der Waals surface area contributed by atoms with Crippen LogP contribution in [-0.2, 0) is 22.7 Å². The molecule has 142 valence electrons. The number of fused-ring (bicyclic) bond motifs is 1. The maximum absolute atomic E-state index is 12.6. The summed E-state index contributed by atoms with van der Waals surface area (Å²) in [4.78, 5) is 28.7. The summed E-state index contributed by atoms with van der Waals surface area (Å²) in [5.74, 6) is 0.755. The Morgan fingerprint density at radius 3 is 2.65 bits per heavy atom. The smallest absolute Gasteiger partial charge is 0.243 e. The average Bonchev–Trinajstić information content (AvgIpc) is 3.10. The quantitative estimate of drug-likeness (QED) is 0.830. The predicted octanol–water partition coefficient (Wildman–Crippen LogP) is 2.60. The molecule has 0 radical (unpaired) electrons. The number of carbonyl (C=O) groups is 2. The van der Waals surface area contributed by atoms with Crippen LogP contribution >= 0.6 is 11.8 Å². The van der Waals surface area contributed by atoms with Crippen molar-refractivity contribution in [1.82, 2.24) is 15.1 Å². The van der Waals surface area contributed by atoms with E-state index in [4.69, 9.17) is 0 Å². The van der Waals surface area contributed by atoms with E-state index in [0.29, 0.717) is 24.8 Å². The maximum atomic E-state index is 12.6. The Balaban J connectivity index is 1.54. The zero-order valence-corrected chi connectivity index (χ0v) is 16.9. The van der Waals surface area contributed by atoms with Crippen LogP contribution in [0.5, 0.6) is 0 Å². The zero-order valence-electron chi connectivity index (χ0n) is 16.1. The second-order valence-corrected chi connectivity index (χ2v) is 9.31. The highest BCUT2D eigenvalue weighted by Crippen LogP contribution is 2.47. The summed E-state index contributed by atoms with van der Waals surface area (Å²) in [6.45, 7) is 7.85. The largest absolute Gasteiger partial charge is 0.350 e. The molecule has 0 spiro atoms. The van der Waals surface area contributed by atoms with E-state index in [9.17, 15) is 9.59 Å². The number of thioether (sulfide) groups is 1. The second-order valence-electron chi connectivity index (χ2n) is 7.81. The van der Waals surface area contributed by atoms with Gasteiger partial charge in [-0.1, -0.05) is 24.3 Å². The van der Waals surface area contributed by atoms with E-state index >= 15 is 0 Å². The number of rotatable bonds is 6. The highest BCUT2D eigenvalue weighted by Gasteiger charge is 2.52. The summed E-state index contributed by atoms with van der Waals surface area (Å²) < 4.78 is 0. The van der Waals surface area contributed by atoms with Gasteiger partial charge in [0.05, 0.1) is 4.87 Å². The van der Waals surface area contributed by atoms with Gasteiger partial charge in [0.25, 0.3) is 0 Å². The molecule has 1 N–H and O–H groups in total. The van der Waals surface area contributed by atoms with Gasteiger partial charge < -0.3 is 10.2 Å². The fourth-order valence-electron chi connectivity index (χ4n) is 3.55. The van der Waals surface area contributed by atoms with Crippen LogP contribution in [0.1, 0.15) is 44.7 Å². The predicted molar refractivity (Wildman–Crippen MR) is 106 cm³/mol. The maximum Gasteiger partial charge on any atom is 0.243 e. The van der Waals surface area contributed by atoms with Crippen LogP contribution in [0.25, 0.3) is 0 Å². The molecule has 2 saturated heterocycles. The fourth-order valence-corrected chi connectivity index (χ4v) is 4.99. The number of benzene rings is 1. The van der Waals surface area contributed by atoms with Crippen LogP contribution in [0.4, 0.5) is 0 Å². The minimum absolute atomic E-state index is 0.0416. The van der Waals surface area contributed by atoms with Gasteiger partial charge in [-0.15, -0.1) is 11.8 Å². The van der Waals surface area contributed by atoms with Crippen LogP contribution < -0.4 is 5.32 Å². The summed E-state index contributed by atoms with van der Waals surface area (Å²) in [5, 5.41) is 3.01. The van der Waals surface area contributed by atoms with Crippen molar-refractivity contribution < 1.29 is 9.59 Å². The van der Waals surface area contributed by atoms with Crippen molar-refractivity contribution in [2.75, 3.05) is 12.8 Å². The SMILES string of the molecule is CC(C)N(C)Cc1ccc(CNC(=O)C2CSC3(C)CCC(=O)N23)cc1. The summed E-state index contributed by atoms with van der Waals surface area (Å²) in [6.07, 6.45) is 1.39. The monoisotopic (exact) mass is 375 g/mol. The van der Waals surface area contributed by atoms with Crippen molar-refractivity contribution in [2.45, 2.75) is 63.7 Å². The lowest BCUT2D eigenvalue weighted by molar-refractivity contribution is -0.138. The third-order valence-corrected chi connectivity index (χ3v) is 7.06. The van der Waals surface area contributed by atoms with E-state index in [1.54, 1.807) is 16.7 Å². The van der Waals surface area contributed by atoms with Crippen LogP contribution in [-0.4, -0.2) is 51.4 Å². The topological polar surface area (TPSA) is 52.7 Å². The first-order valence-corrected chi connectivity index (χ1v) is 10.3. The van der Waals surface area contributed by atoms with Gasteiger partial charge >= 0.3 is 0 Å². The Kier molecular flexibility index (Phi) is 5.63. The molecule has 0 aliphatic carbocycles. The standard InChI is InChI=1S/C20H29N3O2S/c1-14(2)22(4)12-16-7-5-15(6-8-16)11-21-19(25)17-13-26-20(3)10-9-18(24)23(17)20/h5-8,14,17H,9-13H2,1-4H3,(H,21,25). The highest BCUT2D eigenvalue weighted by atomic mass is 32.2. The lowest BCUT2D eigenvalue weighted by Crippen LogP contribution is -2.49. The minimum atomic E-state index is -0.334. The molecule has 2 amide bonds. The van der Waals surface area contributed by atoms with E-state index in [-0.39, 0.29) is 22.7 Å². The van der Waals surface area contributed by atoms with E-state index in [2.05, 4.69) is 62.3 Å². The number of nitrogens with zero attached hydrogens (tertiary/aromatic N) is 2. The Labute approximate surface area is 160 Å². The molecule has 2 heterocycles. The number of hydrogen-bond acceptors (Lipinski definition) is 4. The Bertz CT molecular complexity index is 676. The molecule has 0 bridgehead atoms. The first-order valence-electron chi connectivity index (χ1n) is 9.32. The molecule has 26 heavy (non-hydrogen) atoms. The molecule has 2 unspecified atom stereocenters. The third-order valence-electron chi connectivity index (χ3n) is 5.55. The van der Waals surface area contributed by atoms with E-state index in [0.717, 1.165) is 18.5 Å². The van der Waals surface area contributed by atoms with Gasteiger partial charge in [0.2, 0.25) is 11.8 Å². The summed E-state index contributed by atoms with van der Waals surface area (Å²) in [5.41, 5.74) is 2.34. The molecule has 2 fully saturated rings. The van der Waals surface area contributed by atoms with Gasteiger partial charge in [-0.3, -0.25) is 14.5 Å². The van der Waals surface area contributed by atoms with Crippen molar-refractivity contribution in [3.63, 3.8) is 0 Å².